The van der Waals surface area contributed by atoms with Crippen molar-refractivity contribution in [3.63, 3.8) is 0 Å². The van der Waals surface area contributed by atoms with Gasteiger partial charge in [-0.3, -0.25) is 0 Å². The van der Waals surface area contributed by atoms with Crippen LogP contribution in [0.4, 0.5) is 34.1 Å². The molecule has 2 aromatic heterocycles. The predicted molar refractivity (Wildman–Crippen MR) is 493 cm³/mol. The number of aromatic nitrogens is 2. The van der Waals surface area contributed by atoms with Crippen LogP contribution in [-0.2, 0) is 5.41 Å². The molecule has 0 N–H and O–H groups in total. The van der Waals surface area contributed by atoms with Gasteiger partial charge in [0.15, 0.2) is 0 Å². The van der Waals surface area contributed by atoms with Crippen molar-refractivity contribution in [2.75, 3.05) is 9.80 Å². The molecule has 0 unspecified atom stereocenters. The van der Waals surface area contributed by atoms with Crippen LogP contribution >= 0.6 is 23.5 Å². The molecule has 20 aromatic rings. The van der Waals surface area contributed by atoms with Crippen molar-refractivity contribution in [3.05, 3.63) is 423 Å². The maximum atomic E-state index is 2.69. The van der Waals surface area contributed by atoms with Gasteiger partial charge in [0.25, 0.3) is 0 Å². The minimum absolute atomic E-state index is 0.124. The topological polar surface area (TPSA) is 16.3 Å². The second-order valence-corrected chi connectivity index (χ2v) is 34.2. The fourth-order valence-electron chi connectivity index (χ4n) is 21.3. The molecule has 18 aromatic carbocycles. The Hall–Kier alpha value is -14.0. The van der Waals surface area contributed by atoms with Crippen molar-refractivity contribution < 1.29 is 0 Å². The predicted octanol–water partition coefficient (Wildman–Crippen LogP) is 24.4. The highest BCUT2D eigenvalue weighted by Gasteiger charge is 2.55. The van der Waals surface area contributed by atoms with Crippen LogP contribution in [0, 0.1) is 0 Å². The van der Waals surface area contributed by atoms with Crippen molar-refractivity contribution in [1.29, 1.82) is 0 Å². The third-order valence-corrected chi connectivity index (χ3v) is 28.3. The molecule has 0 saturated carbocycles. The summed E-state index contributed by atoms with van der Waals surface area (Å²) in [6.07, 6.45) is 0. The van der Waals surface area contributed by atoms with Gasteiger partial charge in [-0.2, -0.15) is 0 Å². The first-order valence-corrected chi connectivity index (χ1v) is 42.2. The summed E-state index contributed by atoms with van der Waals surface area (Å²) in [6, 6.07) is 152. The van der Waals surface area contributed by atoms with Gasteiger partial charge in [-0.15, -0.1) is 0 Å². The van der Waals surface area contributed by atoms with Gasteiger partial charge in [-0.25, -0.2) is 0 Å². The molecule has 8 heteroatoms. The molecule has 0 amide bonds. The molecule has 2 aliphatic carbocycles. The summed E-state index contributed by atoms with van der Waals surface area (Å²) >= 11 is 3.92. The normalized spacial score (nSPS) is 13.4. The van der Waals surface area contributed by atoms with Gasteiger partial charge in [0, 0.05) is 97.7 Å². The number of anilines is 6. The van der Waals surface area contributed by atoms with Gasteiger partial charge in [-0.1, -0.05) is 314 Å². The van der Waals surface area contributed by atoms with Gasteiger partial charge in [0.1, 0.15) is 0 Å². The van der Waals surface area contributed by atoms with E-state index in [9.17, 15) is 0 Å². The van der Waals surface area contributed by atoms with Crippen LogP contribution in [0.1, 0.15) is 22.3 Å². The molecule has 0 atom stereocenters. The number of para-hydroxylation sites is 4. The van der Waals surface area contributed by atoms with E-state index in [1.165, 1.54) is 196 Å². The molecule has 6 aliphatic rings. The van der Waals surface area contributed by atoms with Crippen LogP contribution in [-0.4, -0.2) is 22.6 Å². The van der Waals surface area contributed by atoms with E-state index in [-0.39, 0.29) is 13.4 Å². The summed E-state index contributed by atoms with van der Waals surface area (Å²) < 4.78 is 5.29. The largest absolute Gasteiger partial charge is 0.310 e. The number of hydrogen-bond donors (Lipinski definition) is 0. The van der Waals surface area contributed by atoms with Crippen molar-refractivity contribution in [3.8, 4) is 78.1 Å². The molecular weight excluding hydrogens is 1450 g/mol. The van der Waals surface area contributed by atoms with Crippen LogP contribution in [0.3, 0.4) is 0 Å². The highest BCUT2D eigenvalue weighted by molar-refractivity contribution is 8.00. The molecule has 4 aliphatic heterocycles. The molecule has 540 valence electrons. The van der Waals surface area contributed by atoms with Crippen LogP contribution in [0.5, 0.6) is 0 Å². The van der Waals surface area contributed by atoms with Crippen molar-refractivity contribution in [1.82, 2.24) is 9.13 Å². The quantitative estimate of drug-likeness (QED) is 0.127. The van der Waals surface area contributed by atoms with Gasteiger partial charge in [0.05, 0.1) is 16.4 Å². The third kappa shape index (κ3) is 9.36. The summed E-state index contributed by atoms with van der Waals surface area (Å²) in [5.41, 5.74) is 41.5. The summed E-state index contributed by atoms with van der Waals surface area (Å²) in [5.74, 6) is 0. The molecule has 26 rings (SSSR count). The van der Waals surface area contributed by atoms with E-state index in [0.29, 0.717) is 0 Å². The molecule has 6 heterocycles. The lowest BCUT2D eigenvalue weighted by Gasteiger charge is -2.37. The van der Waals surface area contributed by atoms with E-state index in [4.69, 9.17) is 0 Å². The van der Waals surface area contributed by atoms with Crippen LogP contribution in [0.2, 0.25) is 0 Å². The second kappa shape index (κ2) is 25.0. The van der Waals surface area contributed by atoms with E-state index in [1.54, 1.807) is 0 Å². The monoisotopic (exact) mass is 1520 g/mol. The van der Waals surface area contributed by atoms with E-state index < -0.39 is 5.41 Å². The van der Waals surface area contributed by atoms with Gasteiger partial charge >= 0.3 is 0 Å². The Morgan fingerprint density at radius 3 is 0.915 bits per heavy atom. The van der Waals surface area contributed by atoms with E-state index >= 15 is 0 Å². The summed E-state index contributed by atoms with van der Waals surface area (Å²) in [5, 5.41) is 5.00. The lowest BCUT2D eigenvalue weighted by Crippen LogP contribution is -2.59. The summed E-state index contributed by atoms with van der Waals surface area (Å²) in [4.78, 5) is 10.0. The lowest BCUT2D eigenvalue weighted by atomic mass is 9.35. The highest BCUT2D eigenvalue weighted by Crippen LogP contribution is 2.64. The average Bonchev–Trinajstić information content (AvgIpc) is 1.51. The second-order valence-electron chi connectivity index (χ2n) is 32.1. The number of fused-ring (bicyclic) bond motifs is 24. The Morgan fingerprint density at radius 2 is 0.547 bits per heavy atom. The fourth-order valence-corrected chi connectivity index (χ4v) is 23.8. The van der Waals surface area contributed by atoms with Crippen molar-refractivity contribution in [2.24, 2.45) is 0 Å². The Morgan fingerprint density at radius 1 is 0.222 bits per heavy atom. The summed E-state index contributed by atoms with van der Waals surface area (Å²) in [6.45, 7) is -0.248. The Labute approximate surface area is 687 Å². The van der Waals surface area contributed by atoms with E-state index in [2.05, 4.69) is 419 Å². The maximum absolute atomic E-state index is 2.69. The van der Waals surface area contributed by atoms with Crippen LogP contribution in [0.25, 0.3) is 122 Å². The SMILES string of the molecule is c1ccc(-c2ccc3c(c2)c2cc(-c4ccccc4)cc4c2n3-c2cc(N(c3ccccc3)c3ccccc3)cc3c2B4c2cc4c(cc2S3)C2(c3ccccc3-4)c3ccccc3-c3cc4c(cc32)Sc2cc(N(c3ccccc3)c3ccccc3)cc3c2B4c2cc(-c4ccccc4)cc4c5cc(-c6ccccc6)ccc5n-3c24)cc1. The van der Waals surface area contributed by atoms with Crippen LogP contribution in [0.15, 0.2) is 420 Å². The summed E-state index contributed by atoms with van der Waals surface area (Å²) in [7, 11) is 0. The molecule has 0 radical (unpaired) electrons. The number of rotatable bonds is 10. The van der Waals surface area contributed by atoms with Crippen LogP contribution < -0.4 is 42.6 Å². The first kappa shape index (κ1) is 65.4. The first-order chi connectivity index (χ1) is 58.0. The number of hydrogen-bond acceptors (Lipinski definition) is 4. The van der Waals surface area contributed by atoms with Crippen molar-refractivity contribution in [2.45, 2.75) is 25.0 Å². The molecule has 117 heavy (non-hydrogen) atoms. The zero-order chi connectivity index (χ0) is 76.3. The molecule has 1 spiro atoms. The Kier molecular flexibility index (Phi) is 14.0. The van der Waals surface area contributed by atoms with Gasteiger partial charge in [-0.05, 0) is 232 Å². The Bertz CT molecular complexity index is 7090. The lowest BCUT2D eigenvalue weighted by molar-refractivity contribution is 0.789. The average molecular weight is 1520 g/mol. The molecule has 0 fully saturated rings. The number of benzene rings is 18. The Balaban J connectivity index is 0.731. The van der Waals surface area contributed by atoms with E-state index in [1.807, 2.05) is 23.5 Å². The first-order valence-electron chi connectivity index (χ1n) is 40.6. The minimum Gasteiger partial charge on any atom is -0.310 e. The molecular formula is C109H66B2N4S2. The molecule has 0 saturated heterocycles. The standard InChI is InChI=1S/C109H66B2N4S2/c1-9-29-67(30-10-1)71-49-51-97-85(53-71)87-55-73(69-33-13-3-14-34-69)57-95-107(87)114(97)99-59-79(112(75-37-17-5-18-38-75)76-39-19-6-20-40-76)61-103-105(99)110(95)93-63-83-81-45-25-27-47-89(81)109(91(83)65-101(93)116-103)90-48-28-26-46-82(90)84-64-94-102(66-92(84)109)117-104-62-80(113(77-41-21-7-22-42-77)78-43-23-8-24-44-78)60-100-106(104)111(94)96-58-74(70-35-15-4-16-36-70)56-88-86-54-72(68-31-11-2-12-32-68)50-52-98(86)115(100)108(88)96/h1-66H. The molecule has 4 nitrogen and oxygen atoms in total. The zero-order valence-electron chi connectivity index (χ0n) is 63.4. The minimum atomic E-state index is -0.690. The van der Waals surface area contributed by atoms with Gasteiger partial charge < -0.3 is 18.9 Å². The third-order valence-electron chi connectivity index (χ3n) is 26.1. The van der Waals surface area contributed by atoms with E-state index in [0.717, 1.165) is 34.1 Å². The van der Waals surface area contributed by atoms with Gasteiger partial charge in [0.2, 0.25) is 13.4 Å². The number of nitrogens with zero attached hydrogens (tertiary/aromatic N) is 4. The van der Waals surface area contributed by atoms with Crippen molar-refractivity contribution >= 4 is 147 Å². The maximum Gasteiger partial charge on any atom is 0.249 e. The zero-order valence-corrected chi connectivity index (χ0v) is 65.0. The molecule has 0 bridgehead atoms. The highest BCUT2D eigenvalue weighted by atomic mass is 32.2. The smallest absolute Gasteiger partial charge is 0.249 e. The fraction of sp³-hybridized carbons (Fsp3) is 0.00917.